The van der Waals surface area contributed by atoms with E-state index in [9.17, 15) is 9.59 Å². The molecule has 142 valence electrons. The molecule has 3 N–H and O–H groups in total. The van der Waals surface area contributed by atoms with Crippen LogP contribution in [0.3, 0.4) is 0 Å². The average Bonchev–Trinajstić information content (AvgIpc) is 3.08. The van der Waals surface area contributed by atoms with Gasteiger partial charge in [0.05, 0.1) is 39.9 Å². The number of hydrogen-bond donors (Lipinski definition) is 3. The predicted octanol–water partition coefficient (Wildman–Crippen LogP) is 1.90. The van der Waals surface area contributed by atoms with E-state index in [4.69, 9.17) is 10.4 Å². The van der Waals surface area contributed by atoms with Gasteiger partial charge in [0.2, 0.25) is 0 Å². The number of rotatable bonds is 6. The van der Waals surface area contributed by atoms with Crippen LogP contribution < -0.4 is 10.6 Å². The Labute approximate surface area is 160 Å². The van der Waals surface area contributed by atoms with Gasteiger partial charge in [-0.3, -0.25) is 14.6 Å². The summed E-state index contributed by atoms with van der Waals surface area (Å²) in [4.78, 5) is 27.4. The van der Waals surface area contributed by atoms with E-state index >= 15 is 0 Å². The summed E-state index contributed by atoms with van der Waals surface area (Å²) in [6.45, 7) is 3.38. The molecule has 0 aliphatic rings. The van der Waals surface area contributed by atoms with E-state index < -0.39 is 18.4 Å². The van der Waals surface area contributed by atoms with E-state index in [1.807, 2.05) is 26.0 Å². The molecule has 3 heterocycles. The first-order valence-corrected chi connectivity index (χ1v) is 8.54. The summed E-state index contributed by atoms with van der Waals surface area (Å²) in [7, 11) is 0. The molecule has 0 aliphatic carbocycles. The van der Waals surface area contributed by atoms with Gasteiger partial charge in [-0.15, -0.1) is 0 Å². The van der Waals surface area contributed by atoms with Gasteiger partial charge in [0, 0.05) is 12.2 Å². The topological polar surface area (TPSA) is 132 Å². The largest absolute Gasteiger partial charge is 0.480 e. The summed E-state index contributed by atoms with van der Waals surface area (Å²) in [5, 5.41) is 27.6. The maximum Gasteiger partial charge on any atom is 0.322 e. The van der Waals surface area contributed by atoms with E-state index in [0.29, 0.717) is 22.6 Å². The normalized spacial score (nSPS) is 10.6. The van der Waals surface area contributed by atoms with Gasteiger partial charge < -0.3 is 15.7 Å². The molecule has 0 aromatic carbocycles. The zero-order valence-corrected chi connectivity index (χ0v) is 15.3. The number of pyridine rings is 1. The number of carbonyl (C=O) groups excluding carboxylic acids is 1. The third-order valence-electron chi connectivity index (χ3n) is 3.88. The number of amides is 1. The summed E-state index contributed by atoms with van der Waals surface area (Å²) < 4.78 is 1.66. The molecule has 0 radical (unpaired) electrons. The zero-order valence-electron chi connectivity index (χ0n) is 15.3. The number of nitrogens with one attached hydrogen (secondary N) is 2. The maximum atomic E-state index is 12.3. The minimum atomic E-state index is -1.13. The van der Waals surface area contributed by atoms with E-state index in [0.717, 1.165) is 5.52 Å². The summed E-state index contributed by atoms with van der Waals surface area (Å²) in [6, 6.07) is 9.19. The number of carbonyl (C=O) groups is 2. The van der Waals surface area contributed by atoms with Crippen LogP contribution >= 0.6 is 0 Å². The number of carboxylic acid groups (broad SMARTS) is 1. The van der Waals surface area contributed by atoms with Crippen molar-refractivity contribution in [3.63, 3.8) is 0 Å². The summed E-state index contributed by atoms with van der Waals surface area (Å²) in [5.41, 5.74) is 3.26. The Morgan fingerprint density at radius 2 is 2.07 bits per heavy atom. The fourth-order valence-electron chi connectivity index (χ4n) is 2.71. The van der Waals surface area contributed by atoms with Gasteiger partial charge >= 0.3 is 5.97 Å². The minimum Gasteiger partial charge on any atom is -0.480 e. The standard InChI is InChI=1S/C19H18N6O3/c1-11(2)24-15-6-16(21-9-14(15)19(28)22-10-18(26)27)17-4-3-13-5-12(7-20)8-23-25(13)17/h3-6,8-9,11H,10H2,1-2H3,(H,21,24)(H,22,28)(H,26,27). The van der Waals surface area contributed by atoms with Crippen molar-refractivity contribution in [3.8, 4) is 17.5 Å². The highest BCUT2D eigenvalue weighted by Gasteiger charge is 2.17. The molecule has 0 bridgehead atoms. The van der Waals surface area contributed by atoms with Crippen molar-refractivity contribution in [2.45, 2.75) is 19.9 Å². The molecule has 0 spiro atoms. The quantitative estimate of drug-likeness (QED) is 0.597. The van der Waals surface area contributed by atoms with Gasteiger partial charge in [-0.05, 0) is 38.1 Å². The van der Waals surface area contributed by atoms with E-state index in [2.05, 4.69) is 26.8 Å². The van der Waals surface area contributed by atoms with Gasteiger partial charge in [0.25, 0.3) is 5.91 Å². The van der Waals surface area contributed by atoms with Crippen LogP contribution in [-0.4, -0.2) is 44.2 Å². The second kappa shape index (κ2) is 7.75. The maximum absolute atomic E-state index is 12.3. The van der Waals surface area contributed by atoms with Crippen LogP contribution in [0.4, 0.5) is 5.69 Å². The molecule has 0 unspecified atom stereocenters. The van der Waals surface area contributed by atoms with Gasteiger partial charge in [-0.1, -0.05) is 0 Å². The highest BCUT2D eigenvalue weighted by molar-refractivity contribution is 6.01. The van der Waals surface area contributed by atoms with Gasteiger partial charge in [0.1, 0.15) is 12.6 Å². The van der Waals surface area contributed by atoms with Crippen molar-refractivity contribution in [1.82, 2.24) is 19.9 Å². The smallest absolute Gasteiger partial charge is 0.322 e. The number of nitrogens with zero attached hydrogens (tertiary/aromatic N) is 4. The second-order valence-electron chi connectivity index (χ2n) is 6.40. The van der Waals surface area contributed by atoms with Crippen molar-refractivity contribution in [1.29, 1.82) is 5.26 Å². The van der Waals surface area contributed by atoms with Gasteiger partial charge in [0.15, 0.2) is 0 Å². The van der Waals surface area contributed by atoms with E-state index in [-0.39, 0.29) is 11.6 Å². The number of anilines is 1. The number of hydrogen-bond acceptors (Lipinski definition) is 6. The number of fused-ring (bicyclic) bond motifs is 1. The third-order valence-corrected chi connectivity index (χ3v) is 3.88. The lowest BCUT2D eigenvalue weighted by Crippen LogP contribution is -2.30. The van der Waals surface area contributed by atoms with Crippen molar-refractivity contribution in [2.75, 3.05) is 11.9 Å². The van der Waals surface area contributed by atoms with Crippen LogP contribution in [0, 0.1) is 11.3 Å². The van der Waals surface area contributed by atoms with E-state index in [1.165, 1.54) is 12.4 Å². The highest BCUT2D eigenvalue weighted by atomic mass is 16.4. The van der Waals surface area contributed by atoms with Crippen molar-refractivity contribution in [3.05, 3.63) is 47.8 Å². The molecule has 0 aliphatic heterocycles. The Kier molecular flexibility index (Phi) is 5.22. The molecule has 9 heteroatoms. The number of nitriles is 1. The molecule has 3 rings (SSSR count). The van der Waals surface area contributed by atoms with Gasteiger partial charge in [-0.25, -0.2) is 4.52 Å². The van der Waals surface area contributed by atoms with Crippen LogP contribution in [0.2, 0.25) is 0 Å². The number of aliphatic carboxylic acids is 1. The SMILES string of the molecule is CC(C)Nc1cc(-c2ccc3cc(C#N)cnn23)ncc1C(=O)NCC(=O)O. The van der Waals surface area contributed by atoms with Crippen molar-refractivity contribution < 1.29 is 14.7 Å². The Morgan fingerprint density at radius 3 is 2.75 bits per heavy atom. The molecule has 3 aromatic heterocycles. The lowest BCUT2D eigenvalue weighted by Gasteiger charge is -2.15. The van der Waals surface area contributed by atoms with Crippen LogP contribution in [0.5, 0.6) is 0 Å². The second-order valence-corrected chi connectivity index (χ2v) is 6.40. The monoisotopic (exact) mass is 378 g/mol. The Morgan fingerprint density at radius 1 is 1.29 bits per heavy atom. The van der Waals surface area contributed by atoms with Crippen LogP contribution in [0.15, 0.2) is 36.7 Å². The van der Waals surface area contributed by atoms with Crippen molar-refractivity contribution >= 4 is 23.1 Å². The molecule has 28 heavy (non-hydrogen) atoms. The fourth-order valence-corrected chi connectivity index (χ4v) is 2.71. The Hall–Kier alpha value is -3.93. The fraction of sp³-hybridized carbons (Fsp3) is 0.211. The Bertz CT molecular complexity index is 1100. The zero-order chi connectivity index (χ0) is 20.3. The predicted molar refractivity (Wildman–Crippen MR) is 102 cm³/mol. The average molecular weight is 378 g/mol. The first-order chi connectivity index (χ1) is 13.4. The molecule has 1 amide bonds. The van der Waals surface area contributed by atoms with Crippen molar-refractivity contribution in [2.24, 2.45) is 0 Å². The minimum absolute atomic E-state index is 0.0432. The molecular formula is C19H18N6O3. The number of carboxylic acids is 1. The molecular weight excluding hydrogens is 360 g/mol. The number of aromatic nitrogens is 3. The molecule has 0 atom stereocenters. The molecule has 9 nitrogen and oxygen atoms in total. The first kappa shape index (κ1) is 18.8. The van der Waals surface area contributed by atoms with Crippen LogP contribution in [0.25, 0.3) is 16.9 Å². The van der Waals surface area contributed by atoms with Crippen LogP contribution in [0.1, 0.15) is 29.8 Å². The summed E-state index contributed by atoms with van der Waals surface area (Å²) in [5.74, 6) is -1.65. The van der Waals surface area contributed by atoms with Gasteiger partial charge in [-0.2, -0.15) is 10.4 Å². The molecule has 0 fully saturated rings. The lowest BCUT2D eigenvalue weighted by atomic mass is 10.1. The van der Waals surface area contributed by atoms with E-state index in [1.54, 1.807) is 16.6 Å². The third kappa shape index (κ3) is 3.91. The lowest BCUT2D eigenvalue weighted by molar-refractivity contribution is -0.135. The molecule has 3 aromatic rings. The van der Waals surface area contributed by atoms with Crippen LogP contribution in [-0.2, 0) is 4.79 Å². The summed E-state index contributed by atoms with van der Waals surface area (Å²) >= 11 is 0. The Balaban J connectivity index is 2.02. The highest BCUT2D eigenvalue weighted by Crippen LogP contribution is 2.25. The molecule has 0 saturated carbocycles. The first-order valence-electron chi connectivity index (χ1n) is 8.54. The molecule has 0 saturated heterocycles. The summed E-state index contributed by atoms with van der Waals surface area (Å²) in [6.07, 6.45) is 2.87.